The minimum Gasteiger partial charge on any atom is -0.384 e. The van der Waals surface area contributed by atoms with E-state index in [2.05, 4.69) is 49.3 Å². The number of aryl methyl sites for hydroxylation is 2. The molecule has 2 aliphatic heterocycles. The van der Waals surface area contributed by atoms with Crippen molar-refractivity contribution in [2.75, 3.05) is 18.9 Å². The van der Waals surface area contributed by atoms with Gasteiger partial charge in [-0.25, -0.2) is 0 Å². The molecule has 2 aromatic carbocycles. The highest BCUT2D eigenvalue weighted by molar-refractivity contribution is 7.15. The number of aliphatic imine (C=N–C) groups is 1. The highest BCUT2D eigenvalue weighted by Gasteiger charge is 2.41. The van der Waals surface area contributed by atoms with Gasteiger partial charge >= 0.3 is 0 Å². The Morgan fingerprint density at radius 3 is 2.62 bits per heavy atom. The monoisotopic (exact) mass is 775 g/mol. The molecule has 3 aromatic heterocycles. The molecule has 5 heterocycles. The van der Waals surface area contributed by atoms with Gasteiger partial charge in [-0.2, -0.15) is 5.10 Å². The highest BCUT2D eigenvalue weighted by atomic mass is 35.5. The topological polar surface area (TPSA) is 156 Å². The number of thiophene rings is 1. The average molecular weight is 776 g/mol. The van der Waals surface area contributed by atoms with Gasteiger partial charge in [0.05, 0.1) is 39.5 Å². The first kappa shape index (κ1) is 37.4. The lowest BCUT2D eigenvalue weighted by molar-refractivity contribution is -0.121. The van der Waals surface area contributed by atoms with Crippen LogP contribution in [0.1, 0.15) is 98.1 Å². The number of amides is 3. The predicted molar refractivity (Wildman–Crippen MR) is 210 cm³/mol. The summed E-state index contributed by atoms with van der Waals surface area (Å²) >= 11 is 7.82. The van der Waals surface area contributed by atoms with Gasteiger partial charge < -0.3 is 15.4 Å². The van der Waals surface area contributed by atoms with Gasteiger partial charge in [-0.3, -0.25) is 33.5 Å². The maximum absolute atomic E-state index is 13.4. The SMILES string of the molecule is CNC(=O)CCC(C=O)N1C(=O)c2cccc(NCCCCn3cc(C#Cc4sc5c(c4C)C(c4ccc(Cl)cc4)=N[C@@H](C)c4nnc(C)n4-5)cn3)c2C1=O. The number of aldehydes is 1. The molecule has 1 unspecified atom stereocenters. The summed E-state index contributed by atoms with van der Waals surface area (Å²) in [5.41, 5.74) is 5.67. The Balaban J connectivity index is 0.999. The Kier molecular flexibility index (Phi) is 10.8. The second-order valence-corrected chi connectivity index (χ2v) is 14.8. The lowest BCUT2D eigenvalue weighted by Gasteiger charge is -2.21. The number of carbonyl (C=O) groups is 4. The number of imide groups is 1. The van der Waals surface area contributed by atoms with Crippen LogP contribution in [-0.4, -0.2) is 78.8 Å². The standard InChI is InChI=1S/C40H38ClN9O4S/c1-23-32(55-40-34(23)36(27-11-13-28(41)14-12-27)45-24(2)37-47-46-25(3)49(37)40)16-10-26-20-44-48(21-26)19-6-5-18-43-31-9-7-8-30-35(31)39(54)50(38(30)53)29(22-51)15-17-33(52)42-4/h7-9,11-14,20-22,24,29,43H,5-6,15,17-19H2,1-4H3,(H,42,52)/t24-,29?/m0/s1. The Morgan fingerprint density at radius 2 is 1.85 bits per heavy atom. The summed E-state index contributed by atoms with van der Waals surface area (Å²) in [5.74, 6) is 6.90. The van der Waals surface area contributed by atoms with Crippen LogP contribution >= 0.6 is 22.9 Å². The van der Waals surface area contributed by atoms with Crippen LogP contribution in [-0.2, 0) is 16.1 Å². The van der Waals surface area contributed by atoms with Crippen molar-refractivity contribution in [1.82, 2.24) is 34.8 Å². The average Bonchev–Trinajstić information content (AvgIpc) is 3.93. The van der Waals surface area contributed by atoms with Crippen molar-refractivity contribution in [2.24, 2.45) is 4.99 Å². The molecule has 0 spiro atoms. The van der Waals surface area contributed by atoms with Crippen LogP contribution in [0.2, 0.25) is 5.02 Å². The first-order valence-corrected chi connectivity index (χ1v) is 19.1. The van der Waals surface area contributed by atoms with Crippen LogP contribution < -0.4 is 10.6 Å². The molecule has 55 heavy (non-hydrogen) atoms. The van der Waals surface area contributed by atoms with Crippen molar-refractivity contribution >= 4 is 58.3 Å². The van der Waals surface area contributed by atoms with Crippen molar-refractivity contribution in [1.29, 1.82) is 0 Å². The molecule has 13 nitrogen and oxygen atoms in total. The number of anilines is 1. The van der Waals surface area contributed by atoms with E-state index in [1.807, 2.05) is 49.0 Å². The highest BCUT2D eigenvalue weighted by Crippen LogP contribution is 2.39. The zero-order valence-electron chi connectivity index (χ0n) is 30.7. The molecule has 0 aliphatic carbocycles. The van der Waals surface area contributed by atoms with Crippen LogP contribution in [0.25, 0.3) is 5.00 Å². The number of hydrogen-bond acceptors (Lipinski definition) is 10. The summed E-state index contributed by atoms with van der Waals surface area (Å²) < 4.78 is 3.94. The van der Waals surface area contributed by atoms with Crippen molar-refractivity contribution < 1.29 is 19.2 Å². The Bertz CT molecular complexity index is 2420. The van der Waals surface area contributed by atoms with E-state index in [0.29, 0.717) is 30.1 Å². The number of nitrogens with one attached hydrogen (secondary N) is 2. The molecule has 3 amide bonds. The molecule has 15 heteroatoms. The van der Waals surface area contributed by atoms with E-state index >= 15 is 0 Å². The number of fused-ring (bicyclic) bond motifs is 4. The van der Waals surface area contributed by atoms with Crippen LogP contribution in [0, 0.1) is 25.7 Å². The van der Waals surface area contributed by atoms with Crippen LogP contribution in [0.15, 0.2) is 59.9 Å². The van der Waals surface area contributed by atoms with Crippen molar-refractivity contribution in [2.45, 2.75) is 65.1 Å². The molecule has 0 bridgehead atoms. The van der Waals surface area contributed by atoms with Crippen LogP contribution in [0.3, 0.4) is 0 Å². The summed E-state index contributed by atoms with van der Waals surface area (Å²) in [7, 11) is 1.49. The molecule has 0 saturated heterocycles. The fraction of sp³-hybridized carbons (Fsp3) is 0.300. The number of hydrogen-bond donors (Lipinski definition) is 2. The fourth-order valence-corrected chi connectivity index (χ4v) is 8.16. The normalized spacial score (nSPS) is 15.0. The quantitative estimate of drug-likeness (QED) is 0.0709. The second-order valence-electron chi connectivity index (χ2n) is 13.3. The molecule has 7 rings (SSSR count). The summed E-state index contributed by atoms with van der Waals surface area (Å²) in [6.07, 6.45) is 5.86. The lowest BCUT2D eigenvalue weighted by atomic mass is 9.99. The molecule has 2 atom stereocenters. The van der Waals surface area contributed by atoms with Crippen LogP contribution in [0.5, 0.6) is 0 Å². The molecule has 0 saturated carbocycles. The third-order valence-corrected chi connectivity index (χ3v) is 11.1. The van der Waals surface area contributed by atoms with Gasteiger partial charge in [-0.05, 0) is 69.9 Å². The lowest BCUT2D eigenvalue weighted by Crippen LogP contribution is -2.41. The maximum Gasteiger partial charge on any atom is 0.264 e. The molecular weight excluding hydrogens is 738 g/mol. The fourth-order valence-electron chi connectivity index (χ4n) is 6.81. The summed E-state index contributed by atoms with van der Waals surface area (Å²) in [4.78, 5) is 57.0. The Morgan fingerprint density at radius 1 is 1.05 bits per heavy atom. The minimum absolute atomic E-state index is 0.0198. The Hall–Kier alpha value is -5.91. The van der Waals surface area contributed by atoms with Crippen molar-refractivity contribution in [3.05, 3.63) is 110 Å². The molecular formula is C40H38ClN9O4S. The van der Waals surface area contributed by atoms with E-state index in [4.69, 9.17) is 16.6 Å². The van der Waals surface area contributed by atoms with Gasteiger partial charge in [0.2, 0.25) is 5.91 Å². The number of aromatic nitrogens is 5. The summed E-state index contributed by atoms with van der Waals surface area (Å²) in [5, 5.41) is 20.8. The minimum atomic E-state index is -1.02. The number of benzene rings is 2. The van der Waals surface area contributed by atoms with E-state index in [0.717, 1.165) is 67.2 Å². The smallest absolute Gasteiger partial charge is 0.264 e. The third kappa shape index (κ3) is 7.33. The van der Waals surface area contributed by atoms with Crippen molar-refractivity contribution in [3.63, 3.8) is 0 Å². The van der Waals surface area contributed by atoms with Gasteiger partial charge in [0.15, 0.2) is 5.82 Å². The second kappa shape index (κ2) is 15.8. The number of carbonyl (C=O) groups excluding carboxylic acids is 4. The molecule has 0 fully saturated rings. The van der Waals surface area contributed by atoms with Gasteiger partial charge in [0, 0.05) is 54.6 Å². The van der Waals surface area contributed by atoms with Crippen LogP contribution in [0.4, 0.5) is 5.69 Å². The first-order chi connectivity index (χ1) is 26.6. The van der Waals surface area contributed by atoms with E-state index in [-0.39, 0.29) is 35.9 Å². The van der Waals surface area contributed by atoms with Crippen molar-refractivity contribution in [3.8, 4) is 16.8 Å². The molecule has 2 N–H and O–H groups in total. The molecule has 0 radical (unpaired) electrons. The van der Waals surface area contributed by atoms with Gasteiger partial charge in [-0.15, -0.1) is 21.5 Å². The van der Waals surface area contributed by atoms with Gasteiger partial charge in [-0.1, -0.05) is 41.6 Å². The number of unbranched alkanes of at least 4 members (excludes halogenated alkanes) is 1. The molecule has 280 valence electrons. The predicted octanol–water partition coefficient (Wildman–Crippen LogP) is 5.69. The van der Waals surface area contributed by atoms with E-state index in [9.17, 15) is 19.2 Å². The zero-order chi connectivity index (χ0) is 38.8. The van der Waals surface area contributed by atoms with Gasteiger partial charge in [0.1, 0.15) is 23.2 Å². The van der Waals surface area contributed by atoms with E-state index in [1.54, 1.807) is 35.7 Å². The largest absolute Gasteiger partial charge is 0.384 e. The Labute approximate surface area is 326 Å². The number of nitrogens with zero attached hydrogens (tertiary/aromatic N) is 7. The first-order valence-electron chi connectivity index (χ1n) is 17.9. The van der Waals surface area contributed by atoms with E-state index in [1.165, 1.54) is 7.05 Å². The zero-order valence-corrected chi connectivity index (χ0v) is 32.3. The summed E-state index contributed by atoms with van der Waals surface area (Å²) in [6.45, 7) is 7.25. The van der Waals surface area contributed by atoms with Gasteiger partial charge in [0.25, 0.3) is 11.8 Å². The number of rotatable bonds is 12. The maximum atomic E-state index is 13.4. The molecule has 2 aliphatic rings. The van der Waals surface area contributed by atoms with E-state index < -0.39 is 17.9 Å². The third-order valence-electron chi connectivity index (χ3n) is 9.70. The summed E-state index contributed by atoms with van der Waals surface area (Å²) in [6, 6.07) is 11.5. The molecule has 5 aromatic rings. The number of halogens is 1.